The number of carbonyl (C=O) groups is 1. The summed E-state index contributed by atoms with van der Waals surface area (Å²) in [4.78, 5) is 18.2. The number of benzene rings is 3. The number of anilines is 1. The van der Waals surface area contributed by atoms with Crippen molar-refractivity contribution in [2.24, 2.45) is 5.10 Å². The zero-order chi connectivity index (χ0) is 23.4. The van der Waals surface area contributed by atoms with Gasteiger partial charge in [-0.15, -0.1) is 0 Å². The van der Waals surface area contributed by atoms with Gasteiger partial charge in [0.1, 0.15) is 11.5 Å². The lowest BCUT2D eigenvalue weighted by atomic mass is 10.1. The Morgan fingerprint density at radius 2 is 1.79 bits per heavy atom. The summed E-state index contributed by atoms with van der Waals surface area (Å²) >= 11 is 1.39. The largest absolute Gasteiger partial charge is 0.497 e. The summed E-state index contributed by atoms with van der Waals surface area (Å²) in [6, 6.07) is 18.8. The van der Waals surface area contributed by atoms with Crippen LogP contribution in [0.3, 0.4) is 0 Å². The number of hydrogen-bond acceptors (Lipinski definition) is 6. The van der Waals surface area contributed by atoms with Crippen LogP contribution < -0.4 is 14.5 Å². The maximum Gasteiger partial charge on any atom is 0.280 e. The summed E-state index contributed by atoms with van der Waals surface area (Å²) in [5.41, 5.74) is 4.36. The maximum atomic E-state index is 13.5. The normalized spacial score (nSPS) is 11.2. The highest BCUT2D eigenvalue weighted by Crippen LogP contribution is 2.32. The molecule has 1 heterocycles. The standard InChI is InChI=1S/C26H25N3O3S/c1-5-32-21-10-7-19(8-11-21)16-27-29(25(30)20-9-6-17(2)18(3)14-20)26-28-23-13-12-22(31-4)15-24(23)33-26/h6-16H,5H2,1-4H3/b27-16+. The summed E-state index contributed by atoms with van der Waals surface area (Å²) in [5, 5.41) is 6.39. The zero-order valence-corrected chi connectivity index (χ0v) is 19.8. The third-order valence-electron chi connectivity index (χ3n) is 5.23. The smallest absolute Gasteiger partial charge is 0.280 e. The molecule has 4 rings (SSSR count). The number of aryl methyl sites for hydroxylation is 2. The van der Waals surface area contributed by atoms with E-state index in [0.717, 1.165) is 38.4 Å². The fourth-order valence-corrected chi connectivity index (χ4v) is 4.19. The van der Waals surface area contributed by atoms with Crippen LogP contribution in [0.15, 0.2) is 65.8 Å². The van der Waals surface area contributed by atoms with Crippen LogP contribution in [0.5, 0.6) is 11.5 Å². The minimum atomic E-state index is -0.244. The first-order chi connectivity index (χ1) is 16.0. The average molecular weight is 460 g/mol. The van der Waals surface area contributed by atoms with E-state index in [2.05, 4.69) is 10.1 Å². The van der Waals surface area contributed by atoms with Crippen LogP contribution in [0.25, 0.3) is 10.2 Å². The molecule has 0 bridgehead atoms. The Balaban J connectivity index is 1.72. The number of nitrogens with zero attached hydrogens (tertiary/aromatic N) is 3. The number of hydrazone groups is 1. The Morgan fingerprint density at radius 3 is 2.48 bits per heavy atom. The van der Waals surface area contributed by atoms with E-state index in [9.17, 15) is 4.79 Å². The Hall–Kier alpha value is -3.71. The van der Waals surface area contributed by atoms with Gasteiger partial charge in [-0.2, -0.15) is 10.1 Å². The Bertz CT molecular complexity index is 1310. The molecular formula is C26H25N3O3S. The van der Waals surface area contributed by atoms with E-state index >= 15 is 0 Å². The molecule has 0 N–H and O–H groups in total. The van der Waals surface area contributed by atoms with Crippen molar-refractivity contribution in [3.63, 3.8) is 0 Å². The van der Waals surface area contributed by atoms with Gasteiger partial charge >= 0.3 is 0 Å². The lowest BCUT2D eigenvalue weighted by molar-refractivity contribution is 0.0987. The van der Waals surface area contributed by atoms with Gasteiger partial charge in [0.2, 0.25) is 5.13 Å². The van der Waals surface area contributed by atoms with E-state index in [-0.39, 0.29) is 5.91 Å². The van der Waals surface area contributed by atoms with Crippen LogP contribution in [0.4, 0.5) is 5.13 Å². The van der Waals surface area contributed by atoms with Gasteiger partial charge in [0.25, 0.3) is 5.91 Å². The van der Waals surface area contributed by atoms with Gasteiger partial charge in [-0.05, 0) is 92.1 Å². The van der Waals surface area contributed by atoms with Gasteiger partial charge in [0.15, 0.2) is 0 Å². The first-order valence-corrected chi connectivity index (χ1v) is 11.4. The fraction of sp³-hybridized carbons (Fsp3) is 0.192. The van der Waals surface area contributed by atoms with E-state index in [1.165, 1.54) is 16.3 Å². The Kier molecular flexibility index (Phi) is 6.70. The summed E-state index contributed by atoms with van der Waals surface area (Å²) in [7, 11) is 1.62. The van der Waals surface area contributed by atoms with E-state index in [1.807, 2.05) is 81.4 Å². The van der Waals surface area contributed by atoms with Crippen LogP contribution >= 0.6 is 11.3 Å². The number of amides is 1. The third kappa shape index (κ3) is 5.04. The number of methoxy groups -OCH3 is 1. The lowest BCUT2D eigenvalue weighted by Gasteiger charge is -2.14. The molecule has 0 radical (unpaired) electrons. The zero-order valence-electron chi connectivity index (χ0n) is 19.0. The first kappa shape index (κ1) is 22.5. The minimum absolute atomic E-state index is 0.244. The number of rotatable bonds is 7. The van der Waals surface area contributed by atoms with E-state index in [4.69, 9.17) is 9.47 Å². The average Bonchev–Trinajstić information content (AvgIpc) is 3.25. The van der Waals surface area contributed by atoms with Crippen LogP contribution in [-0.4, -0.2) is 30.8 Å². The lowest BCUT2D eigenvalue weighted by Crippen LogP contribution is -2.25. The predicted octanol–water partition coefficient (Wildman–Crippen LogP) is 6.00. The molecule has 0 aliphatic heterocycles. The Labute approximate surface area is 197 Å². The van der Waals surface area contributed by atoms with Crippen molar-refractivity contribution in [3.8, 4) is 11.5 Å². The molecule has 0 saturated carbocycles. The highest BCUT2D eigenvalue weighted by molar-refractivity contribution is 7.22. The molecule has 0 fully saturated rings. The molecular weight excluding hydrogens is 434 g/mol. The van der Waals surface area contributed by atoms with Gasteiger partial charge in [-0.3, -0.25) is 4.79 Å². The van der Waals surface area contributed by atoms with Crippen LogP contribution in [0, 0.1) is 13.8 Å². The van der Waals surface area contributed by atoms with Crippen molar-refractivity contribution >= 4 is 38.8 Å². The summed E-state index contributed by atoms with van der Waals surface area (Å²) in [5.74, 6) is 1.28. The van der Waals surface area contributed by atoms with Gasteiger partial charge < -0.3 is 9.47 Å². The van der Waals surface area contributed by atoms with Crippen LogP contribution in [-0.2, 0) is 0 Å². The molecule has 33 heavy (non-hydrogen) atoms. The van der Waals surface area contributed by atoms with Crippen molar-refractivity contribution in [2.75, 3.05) is 18.7 Å². The second kappa shape index (κ2) is 9.83. The Morgan fingerprint density at radius 1 is 1.03 bits per heavy atom. The number of hydrogen-bond donors (Lipinski definition) is 0. The molecule has 0 spiro atoms. The number of thiazole rings is 1. The molecule has 0 atom stereocenters. The second-order valence-electron chi connectivity index (χ2n) is 7.49. The molecule has 1 amide bonds. The van der Waals surface area contributed by atoms with E-state index in [1.54, 1.807) is 13.3 Å². The van der Waals surface area contributed by atoms with Crippen molar-refractivity contribution in [1.29, 1.82) is 0 Å². The summed E-state index contributed by atoms with van der Waals surface area (Å²) in [6.07, 6.45) is 1.65. The van der Waals surface area contributed by atoms with Crippen molar-refractivity contribution in [1.82, 2.24) is 4.98 Å². The van der Waals surface area contributed by atoms with Crippen LogP contribution in [0.2, 0.25) is 0 Å². The highest BCUT2D eigenvalue weighted by Gasteiger charge is 2.21. The second-order valence-corrected chi connectivity index (χ2v) is 8.50. The molecule has 1 aromatic heterocycles. The summed E-state index contributed by atoms with van der Waals surface area (Å²) in [6.45, 7) is 6.56. The van der Waals surface area contributed by atoms with Gasteiger partial charge in [0, 0.05) is 5.56 Å². The van der Waals surface area contributed by atoms with Crippen molar-refractivity contribution in [3.05, 3.63) is 82.9 Å². The SMILES string of the molecule is CCOc1ccc(/C=N/N(C(=O)c2ccc(C)c(C)c2)c2nc3ccc(OC)cc3s2)cc1. The monoisotopic (exact) mass is 459 g/mol. The number of fused-ring (bicyclic) bond motifs is 1. The molecule has 0 unspecified atom stereocenters. The number of aromatic nitrogens is 1. The predicted molar refractivity (Wildman–Crippen MR) is 134 cm³/mol. The molecule has 4 aromatic rings. The quantitative estimate of drug-likeness (QED) is 0.251. The number of carbonyl (C=O) groups excluding carboxylic acids is 1. The molecule has 0 aliphatic carbocycles. The van der Waals surface area contributed by atoms with Crippen molar-refractivity contribution in [2.45, 2.75) is 20.8 Å². The van der Waals surface area contributed by atoms with Gasteiger partial charge in [-0.1, -0.05) is 17.4 Å². The minimum Gasteiger partial charge on any atom is -0.497 e. The molecule has 168 valence electrons. The molecule has 6 nitrogen and oxygen atoms in total. The van der Waals surface area contributed by atoms with Crippen molar-refractivity contribution < 1.29 is 14.3 Å². The maximum absolute atomic E-state index is 13.5. The van der Waals surface area contributed by atoms with E-state index in [0.29, 0.717) is 17.3 Å². The molecule has 7 heteroatoms. The summed E-state index contributed by atoms with van der Waals surface area (Å²) < 4.78 is 11.7. The first-order valence-electron chi connectivity index (χ1n) is 10.6. The highest BCUT2D eigenvalue weighted by atomic mass is 32.1. The third-order valence-corrected chi connectivity index (χ3v) is 6.22. The van der Waals surface area contributed by atoms with Gasteiger partial charge in [-0.25, -0.2) is 4.98 Å². The van der Waals surface area contributed by atoms with Gasteiger partial charge in [0.05, 0.1) is 30.1 Å². The number of ether oxygens (including phenoxy) is 2. The molecule has 0 aliphatic rings. The molecule has 0 saturated heterocycles. The van der Waals surface area contributed by atoms with E-state index < -0.39 is 0 Å². The molecule has 3 aromatic carbocycles. The van der Waals surface area contributed by atoms with Crippen LogP contribution in [0.1, 0.15) is 34.0 Å². The fourth-order valence-electron chi connectivity index (χ4n) is 3.24. The topological polar surface area (TPSA) is 64.0 Å².